The summed E-state index contributed by atoms with van der Waals surface area (Å²) < 4.78 is 5.34. The third-order valence-electron chi connectivity index (χ3n) is 3.30. The molecule has 2 rings (SSSR count). The van der Waals surface area contributed by atoms with Crippen molar-refractivity contribution in [2.24, 2.45) is 5.92 Å². The summed E-state index contributed by atoms with van der Waals surface area (Å²) in [5.41, 5.74) is 0.446. The van der Waals surface area contributed by atoms with Gasteiger partial charge in [-0.2, -0.15) is 5.10 Å². The molecule has 0 atom stereocenters. The lowest BCUT2D eigenvalue weighted by Gasteiger charge is -2.41. The summed E-state index contributed by atoms with van der Waals surface area (Å²) >= 11 is 5.72. The van der Waals surface area contributed by atoms with E-state index < -0.39 is 5.60 Å². The zero-order chi connectivity index (χ0) is 16.3. The van der Waals surface area contributed by atoms with E-state index in [9.17, 15) is 4.79 Å². The lowest BCUT2D eigenvalue weighted by Crippen LogP contribution is -2.54. The molecule has 0 spiro atoms. The van der Waals surface area contributed by atoms with Gasteiger partial charge in [0.25, 0.3) is 0 Å². The molecule has 1 aromatic rings. The molecule has 0 unspecified atom stereocenters. The van der Waals surface area contributed by atoms with Crippen molar-refractivity contribution in [2.75, 3.05) is 26.7 Å². The van der Waals surface area contributed by atoms with Gasteiger partial charge in [-0.15, -0.1) is 5.10 Å². The van der Waals surface area contributed by atoms with Crippen LogP contribution in [0.4, 0.5) is 4.79 Å². The molecular formula is C15H23ClN4O2. The van der Waals surface area contributed by atoms with Gasteiger partial charge in [0.15, 0.2) is 5.15 Å². The van der Waals surface area contributed by atoms with Crippen molar-refractivity contribution in [3.63, 3.8) is 0 Å². The second kappa shape index (κ2) is 6.79. The average Bonchev–Trinajstić information content (AvgIpc) is 2.34. The molecule has 0 bridgehead atoms. The number of hydrogen-bond acceptors (Lipinski definition) is 5. The summed E-state index contributed by atoms with van der Waals surface area (Å²) in [6.07, 6.45) is -0.227. The largest absolute Gasteiger partial charge is 0.444 e. The van der Waals surface area contributed by atoms with Gasteiger partial charge in [0.05, 0.1) is 5.69 Å². The van der Waals surface area contributed by atoms with Gasteiger partial charge in [-0.3, -0.25) is 0 Å². The molecule has 0 radical (unpaired) electrons. The van der Waals surface area contributed by atoms with Crippen LogP contribution in [0.15, 0.2) is 12.1 Å². The van der Waals surface area contributed by atoms with Gasteiger partial charge in [-0.25, -0.2) is 4.79 Å². The van der Waals surface area contributed by atoms with Crippen molar-refractivity contribution in [3.8, 4) is 0 Å². The Balaban J connectivity index is 1.71. The van der Waals surface area contributed by atoms with Crippen molar-refractivity contribution in [2.45, 2.75) is 32.9 Å². The Hall–Kier alpha value is -1.40. The molecular weight excluding hydrogens is 304 g/mol. The fourth-order valence-corrected chi connectivity index (χ4v) is 2.47. The summed E-state index contributed by atoms with van der Waals surface area (Å²) in [5, 5.41) is 8.28. The minimum absolute atomic E-state index is 0.227. The van der Waals surface area contributed by atoms with Crippen LogP contribution in [0.3, 0.4) is 0 Å². The Labute approximate surface area is 136 Å². The predicted octanol–water partition coefficient (Wildman–Crippen LogP) is 2.43. The summed E-state index contributed by atoms with van der Waals surface area (Å²) in [6, 6.07) is 3.62. The van der Waals surface area contributed by atoms with E-state index in [0.29, 0.717) is 17.6 Å². The molecule has 0 saturated carbocycles. The molecule has 1 saturated heterocycles. The number of rotatable bonds is 4. The number of ether oxygens (including phenoxy) is 1. The number of nitrogens with zero attached hydrogens (tertiary/aromatic N) is 4. The first-order chi connectivity index (χ1) is 10.2. The van der Waals surface area contributed by atoms with Gasteiger partial charge in [0.2, 0.25) is 0 Å². The molecule has 7 heteroatoms. The lowest BCUT2D eigenvalue weighted by molar-refractivity contribution is -0.00557. The molecule has 1 aromatic heterocycles. The molecule has 1 aliphatic heterocycles. The van der Waals surface area contributed by atoms with Crippen molar-refractivity contribution in [1.82, 2.24) is 20.0 Å². The van der Waals surface area contributed by atoms with Crippen LogP contribution in [0.5, 0.6) is 0 Å². The van der Waals surface area contributed by atoms with E-state index in [1.54, 1.807) is 11.0 Å². The van der Waals surface area contributed by atoms with Gasteiger partial charge < -0.3 is 14.5 Å². The van der Waals surface area contributed by atoms with Gasteiger partial charge >= 0.3 is 6.09 Å². The quantitative estimate of drug-likeness (QED) is 0.850. The van der Waals surface area contributed by atoms with Gasteiger partial charge in [0, 0.05) is 32.1 Å². The van der Waals surface area contributed by atoms with Gasteiger partial charge in [-0.1, -0.05) is 11.6 Å². The molecule has 0 aromatic carbocycles. The number of aromatic nitrogens is 2. The van der Waals surface area contributed by atoms with Crippen molar-refractivity contribution in [3.05, 3.63) is 23.0 Å². The molecule has 1 amide bonds. The maximum atomic E-state index is 11.9. The molecule has 122 valence electrons. The molecule has 2 heterocycles. The summed E-state index contributed by atoms with van der Waals surface area (Å²) in [6.45, 7) is 8.74. The van der Waals surface area contributed by atoms with Crippen molar-refractivity contribution in [1.29, 1.82) is 0 Å². The van der Waals surface area contributed by atoms with E-state index >= 15 is 0 Å². The molecule has 0 N–H and O–H groups in total. The van der Waals surface area contributed by atoms with Crippen LogP contribution >= 0.6 is 11.6 Å². The Morgan fingerprint density at radius 1 is 1.41 bits per heavy atom. The number of hydrogen-bond donors (Lipinski definition) is 0. The fraction of sp³-hybridized carbons (Fsp3) is 0.667. The van der Waals surface area contributed by atoms with E-state index in [1.807, 2.05) is 33.9 Å². The minimum Gasteiger partial charge on any atom is -0.444 e. The second-order valence-corrected chi connectivity index (χ2v) is 7.18. The Morgan fingerprint density at radius 3 is 2.64 bits per heavy atom. The smallest absolute Gasteiger partial charge is 0.410 e. The number of carbonyl (C=O) groups excluding carboxylic acids is 1. The highest BCUT2D eigenvalue weighted by molar-refractivity contribution is 6.29. The molecule has 1 aliphatic rings. The maximum Gasteiger partial charge on any atom is 0.410 e. The summed E-state index contributed by atoms with van der Waals surface area (Å²) in [7, 11) is 2.03. The molecule has 0 aliphatic carbocycles. The number of amides is 1. The highest BCUT2D eigenvalue weighted by Crippen LogP contribution is 2.20. The third-order valence-corrected chi connectivity index (χ3v) is 3.50. The predicted molar refractivity (Wildman–Crippen MR) is 84.7 cm³/mol. The van der Waals surface area contributed by atoms with Crippen LogP contribution in [0.1, 0.15) is 26.5 Å². The summed E-state index contributed by atoms with van der Waals surface area (Å²) in [5.74, 6) is 0.470. The Kier molecular flexibility index (Phi) is 5.24. The van der Waals surface area contributed by atoms with E-state index in [2.05, 4.69) is 15.1 Å². The fourth-order valence-electron chi connectivity index (χ4n) is 2.37. The number of carbonyl (C=O) groups is 1. The van der Waals surface area contributed by atoms with E-state index in [4.69, 9.17) is 16.3 Å². The van der Waals surface area contributed by atoms with Gasteiger partial charge in [-0.05, 0) is 40.0 Å². The minimum atomic E-state index is -0.438. The monoisotopic (exact) mass is 326 g/mol. The van der Waals surface area contributed by atoms with E-state index in [0.717, 1.165) is 25.3 Å². The highest BCUT2D eigenvalue weighted by atomic mass is 35.5. The molecule has 6 nitrogen and oxygen atoms in total. The van der Waals surface area contributed by atoms with Crippen LogP contribution in [-0.4, -0.2) is 58.4 Å². The van der Waals surface area contributed by atoms with Crippen LogP contribution in [0, 0.1) is 5.92 Å². The van der Waals surface area contributed by atoms with E-state index in [-0.39, 0.29) is 6.09 Å². The molecule has 22 heavy (non-hydrogen) atoms. The SMILES string of the molecule is CN(Cc1ccc(Cl)nn1)CC1CN(C(=O)OC(C)(C)C)C1. The second-order valence-electron chi connectivity index (χ2n) is 6.80. The zero-order valence-corrected chi connectivity index (χ0v) is 14.3. The van der Waals surface area contributed by atoms with Crippen LogP contribution in [0.2, 0.25) is 5.15 Å². The Bertz CT molecular complexity index is 509. The zero-order valence-electron chi connectivity index (χ0n) is 13.5. The van der Waals surface area contributed by atoms with Crippen LogP contribution in [0.25, 0.3) is 0 Å². The standard InChI is InChI=1S/C15H23ClN4O2/c1-15(2,3)22-14(21)20-8-11(9-20)7-19(4)10-12-5-6-13(16)18-17-12/h5-6,11H,7-10H2,1-4H3. The van der Waals surface area contributed by atoms with Crippen LogP contribution in [-0.2, 0) is 11.3 Å². The lowest BCUT2D eigenvalue weighted by atomic mass is 10.0. The van der Waals surface area contributed by atoms with Gasteiger partial charge in [0.1, 0.15) is 5.60 Å². The van der Waals surface area contributed by atoms with Crippen molar-refractivity contribution >= 4 is 17.7 Å². The first-order valence-electron chi connectivity index (χ1n) is 7.37. The third kappa shape index (κ3) is 5.10. The average molecular weight is 327 g/mol. The normalized spacial score (nSPS) is 15.8. The van der Waals surface area contributed by atoms with E-state index in [1.165, 1.54) is 0 Å². The first-order valence-corrected chi connectivity index (χ1v) is 7.75. The molecule has 1 fully saturated rings. The maximum absolute atomic E-state index is 11.9. The topological polar surface area (TPSA) is 58.6 Å². The Morgan fingerprint density at radius 2 is 2.09 bits per heavy atom. The van der Waals surface area contributed by atoms with Crippen LogP contribution < -0.4 is 0 Å². The number of likely N-dealkylation sites (tertiary alicyclic amines) is 1. The first kappa shape index (κ1) is 17.0. The highest BCUT2D eigenvalue weighted by Gasteiger charge is 2.34. The van der Waals surface area contributed by atoms with Crippen molar-refractivity contribution < 1.29 is 9.53 Å². The number of halogens is 1. The summed E-state index contributed by atoms with van der Waals surface area (Å²) in [4.78, 5) is 15.8.